The molecule has 0 radical (unpaired) electrons. The van der Waals surface area contributed by atoms with Gasteiger partial charge in [0.25, 0.3) is 0 Å². The third kappa shape index (κ3) is 6.17. The maximum Gasteiger partial charge on any atom is 0.160 e. The molecule has 4 heteroatoms. The Morgan fingerprint density at radius 3 is 1.57 bits per heavy atom. The van der Waals surface area contributed by atoms with Gasteiger partial charge < -0.3 is 4.90 Å². The average Bonchev–Trinajstić information content (AvgIpc) is 3.65. The molecule has 2 aromatic heterocycles. The summed E-state index contributed by atoms with van der Waals surface area (Å²) < 4.78 is 2.55. The number of aromatic nitrogens is 2. The van der Waals surface area contributed by atoms with Gasteiger partial charge in [0.2, 0.25) is 0 Å². The minimum absolute atomic E-state index is 0.692. The number of hydrogen-bond donors (Lipinski definition) is 0. The summed E-state index contributed by atoms with van der Waals surface area (Å²) in [5.74, 6) is 0.692. The fourth-order valence-corrected chi connectivity index (χ4v) is 9.31. The molecule has 11 aromatic rings. The lowest BCUT2D eigenvalue weighted by molar-refractivity contribution is 1.22. The first kappa shape index (κ1) is 33.9. The Morgan fingerprint density at radius 1 is 0.328 bits per heavy atom. The largest absolute Gasteiger partial charge is 0.310 e. The second-order valence-corrected chi connectivity index (χ2v) is 15.7. The van der Waals surface area contributed by atoms with Gasteiger partial charge in [-0.3, -0.25) is 0 Å². The molecular weight excluding hydrogens is 723 g/mol. The predicted octanol–water partition coefficient (Wildman–Crippen LogP) is 15.3. The van der Waals surface area contributed by atoms with Crippen LogP contribution in [-0.2, 0) is 0 Å². The first-order chi connectivity index (χ1) is 28.7. The SMILES string of the molecule is c1ccc(-c2ccc(N(c3ccc(-c4ccccc4)cc3)c3cccc(-c4nc(-c5ccc6c(c5)sc5cc7ccccc7cc56)c5ccccc5n4)c3)cc2)cc1. The van der Waals surface area contributed by atoms with Crippen molar-refractivity contribution in [3.8, 4) is 44.9 Å². The van der Waals surface area contributed by atoms with Gasteiger partial charge in [0.05, 0.1) is 11.2 Å². The van der Waals surface area contributed by atoms with Crippen LogP contribution in [0.1, 0.15) is 0 Å². The van der Waals surface area contributed by atoms with Crippen molar-refractivity contribution in [2.24, 2.45) is 0 Å². The Kier molecular flexibility index (Phi) is 8.34. The number of para-hydroxylation sites is 1. The molecule has 0 N–H and O–H groups in total. The highest BCUT2D eigenvalue weighted by Crippen LogP contribution is 2.41. The van der Waals surface area contributed by atoms with E-state index in [1.165, 1.54) is 53.2 Å². The van der Waals surface area contributed by atoms with E-state index in [0.29, 0.717) is 5.82 Å². The zero-order valence-corrected chi connectivity index (χ0v) is 32.3. The molecule has 0 aliphatic heterocycles. The highest BCUT2D eigenvalue weighted by molar-refractivity contribution is 7.25. The lowest BCUT2D eigenvalue weighted by Gasteiger charge is -2.26. The van der Waals surface area contributed by atoms with E-state index in [1.807, 2.05) is 11.3 Å². The fraction of sp³-hybridized carbons (Fsp3) is 0. The normalized spacial score (nSPS) is 11.4. The van der Waals surface area contributed by atoms with E-state index in [0.717, 1.165) is 44.8 Å². The Labute approximate surface area is 340 Å². The molecule has 0 amide bonds. The van der Waals surface area contributed by atoms with Crippen LogP contribution in [-0.4, -0.2) is 9.97 Å². The van der Waals surface area contributed by atoms with E-state index in [4.69, 9.17) is 9.97 Å². The van der Waals surface area contributed by atoms with E-state index in [-0.39, 0.29) is 0 Å². The van der Waals surface area contributed by atoms with E-state index >= 15 is 0 Å². The molecule has 3 nitrogen and oxygen atoms in total. The number of fused-ring (bicyclic) bond motifs is 5. The highest BCUT2D eigenvalue weighted by Gasteiger charge is 2.18. The maximum atomic E-state index is 5.36. The second-order valence-electron chi connectivity index (χ2n) is 14.6. The van der Waals surface area contributed by atoms with Crippen LogP contribution in [0.4, 0.5) is 17.1 Å². The Balaban J connectivity index is 1.02. The Morgan fingerprint density at radius 2 is 0.879 bits per heavy atom. The minimum atomic E-state index is 0.692. The van der Waals surface area contributed by atoms with Gasteiger partial charge in [0.1, 0.15) is 0 Å². The van der Waals surface area contributed by atoms with Gasteiger partial charge in [-0.15, -0.1) is 11.3 Å². The molecule has 0 aliphatic rings. The zero-order chi connectivity index (χ0) is 38.4. The van der Waals surface area contributed by atoms with E-state index in [9.17, 15) is 0 Å². The van der Waals surface area contributed by atoms with Crippen molar-refractivity contribution in [3.05, 3.63) is 212 Å². The molecule has 0 spiro atoms. The summed E-state index contributed by atoms with van der Waals surface area (Å²) >= 11 is 1.84. The number of anilines is 3. The van der Waals surface area contributed by atoms with Gasteiger partial charge in [-0.1, -0.05) is 152 Å². The number of hydrogen-bond acceptors (Lipinski definition) is 4. The summed E-state index contributed by atoms with van der Waals surface area (Å²) in [7, 11) is 0. The Bertz CT molecular complexity index is 3180. The maximum absolute atomic E-state index is 5.36. The van der Waals surface area contributed by atoms with Crippen LogP contribution in [0.25, 0.3) is 86.7 Å². The summed E-state index contributed by atoms with van der Waals surface area (Å²) in [6.45, 7) is 0. The van der Waals surface area contributed by atoms with Crippen molar-refractivity contribution in [1.29, 1.82) is 0 Å². The van der Waals surface area contributed by atoms with Crippen LogP contribution in [0, 0.1) is 0 Å². The van der Waals surface area contributed by atoms with Crippen molar-refractivity contribution in [3.63, 3.8) is 0 Å². The van der Waals surface area contributed by atoms with Gasteiger partial charge in [-0.2, -0.15) is 0 Å². The molecule has 272 valence electrons. The minimum Gasteiger partial charge on any atom is -0.310 e. The van der Waals surface area contributed by atoms with Gasteiger partial charge in [-0.25, -0.2) is 9.97 Å². The number of nitrogens with zero attached hydrogens (tertiary/aromatic N) is 3. The Hall–Kier alpha value is -7.40. The van der Waals surface area contributed by atoms with Crippen molar-refractivity contribution < 1.29 is 0 Å². The van der Waals surface area contributed by atoms with Gasteiger partial charge >= 0.3 is 0 Å². The molecule has 2 heterocycles. The summed E-state index contributed by atoms with van der Waals surface area (Å²) in [5.41, 5.74) is 11.8. The summed E-state index contributed by atoms with van der Waals surface area (Å²) in [4.78, 5) is 12.8. The summed E-state index contributed by atoms with van der Waals surface area (Å²) in [6, 6.07) is 75.7. The molecule has 0 unspecified atom stereocenters. The van der Waals surface area contributed by atoms with Crippen molar-refractivity contribution >= 4 is 70.2 Å². The predicted molar refractivity (Wildman–Crippen MR) is 246 cm³/mol. The first-order valence-corrected chi connectivity index (χ1v) is 20.4. The zero-order valence-electron chi connectivity index (χ0n) is 31.5. The van der Waals surface area contributed by atoms with Crippen LogP contribution in [0.15, 0.2) is 212 Å². The van der Waals surface area contributed by atoms with Crippen LogP contribution < -0.4 is 4.90 Å². The van der Waals surface area contributed by atoms with Crippen molar-refractivity contribution in [1.82, 2.24) is 9.97 Å². The van der Waals surface area contributed by atoms with Crippen molar-refractivity contribution in [2.45, 2.75) is 0 Å². The summed E-state index contributed by atoms with van der Waals surface area (Å²) in [6.07, 6.45) is 0. The number of thiophene rings is 1. The molecule has 11 rings (SSSR count). The molecular formula is C54H35N3S. The number of rotatable bonds is 7. The molecule has 0 saturated heterocycles. The number of benzene rings is 9. The van der Waals surface area contributed by atoms with E-state index in [1.54, 1.807) is 0 Å². The second kappa shape index (κ2) is 14.3. The quantitative estimate of drug-likeness (QED) is 0.162. The van der Waals surface area contributed by atoms with E-state index in [2.05, 4.69) is 217 Å². The van der Waals surface area contributed by atoms with E-state index < -0.39 is 0 Å². The molecule has 0 aliphatic carbocycles. The molecule has 9 aromatic carbocycles. The molecule has 0 saturated carbocycles. The van der Waals surface area contributed by atoms with Crippen LogP contribution in [0.2, 0.25) is 0 Å². The average molecular weight is 758 g/mol. The third-order valence-corrected chi connectivity index (χ3v) is 12.2. The van der Waals surface area contributed by atoms with Gasteiger partial charge in [-0.05, 0) is 93.7 Å². The highest BCUT2D eigenvalue weighted by atomic mass is 32.1. The lowest BCUT2D eigenvalue weighted by Crippen LogP contribution is -2.10. The molecule has 0 bridgehead atoms. The summed E-state index contributed by atoms with van der Waals surface area (Å²) in [5, 5.41) is 6.13. The van der Waals surface area contributed by atoms with Gasteiger partial charge in [0.15, 0.2) is 5.82 Å². The first-order valence-electron chi connectivity index (χ1n) is 19.6. The monoisotopic (exact) mass is 757 g/mol. The molecule has 0 atom stereocenters. The lowest BCUT2D eigenvalue weighted by atomic mass is 10.0. The molecule has 0 fully saturated rings. The topological polar surface area (TPSA) is 29.0 Å². The van der Waals surface area contributed by atoms with Gasteiger partial charge in [0, 0.05) is 53.7 Å². The van der Waals surface area contributed by atoms with Crippen molar-refractivity contribution in [2.75, 3.05) is 4.90 Å². The fourth-order valence-electron chi connectivity index (χ4n) is 8.13. The van der Waals surface area contributed by atoms with Crippen LogP contribution in [0.5, 0.6) is 0 Å². The standard InChI is InChI=1S/C54H35N3S/c1-3-12-36(13-4-1)38-22-27-44(28-23-38)57(45-29-24-39(25-30-45)37-14-5-2-6-15-37)46-19-11-18-43(32-46)54-55-50-21-10-9-20-48(50)53(56-54)42-26-31-47-49-33-40-16-7-8-17-41(40)34-52(49)58-51(47)35-42/h1-35H. The van der Waals surface area contributed by atoms with Crippen LogP contribution >= 0.6 is 11.3 Å². The third-order valence-electron chi connectivity index (χ3n) is 11.0. The smallest absolute Gasteiger partial charge is 0.160 e. The molecule has 58 heavy (non-hydrogen) atoms. The van der Waals surface area contributed by atoms with Crippen LogP contribution in [0.3, 0.4) is 0 Å².